The van der Waals surface area contributed by atoms with Gasteiger partial charge < -0.3 is 19.5 Å². The molecule has 0 saturated carbocycles. The summed E-state index contributed by atoms with van der Waals surface area (Å²) in [5.74, 6) is -0.0639. The van der Waals surface area contributed by atoms with Crippen LogP contribution in [-0.2, 0) is 10.3 Å². The van der Waals surface area contributed by atoms with Gasteiger partial charge in [0.2, 0.25) is 0 Å². The summed E-state index contributed by atoms with van der Waals surface area (Å²) in [4.78, 5) is 14.3. The van der Waals surface area contributed by atoms with Crippen molar-refractivity contribution < 1.29 is 23.8 Å². The zero-order valence-electron chi connectivity index (χ0n) is 15.2. The normalized spacial score (nSPS) is 28.8. The van der Waals surface area contributed by atoms with Crippen LogP contribution in [0.25, 0.3) is 0 Å². The van der Waals surface area contributed by atoms with Gasteiger partial charge in [-0.3, -0.25) is 0 Å². The number of rotatable bonds is 2. The van der Waals surface area contributed by atoms with Crippen LogP contribution < -0.4 is 4.74 Å². The van der Waals surface area contributed by atoms with Crippen molar-refractivity contribution in [2.75, 3.05) is 7.11 Å². The summed E-state index contributed by atoms with van der Waals surface area (Å²) in [6, 6.07) is 4.02. The van der Waals surface area contributed by atoms with Crippen LogP contribution in [0.1, 0.15) is 52.0 Å². The Hall–Kier alpha value is -1.82. The second kappa shape index (κ2) is 6.16. The molecule has 0 spiro atoms. The number of carbonyl (C=O) groups is 1. The number of fused-ring (bicyclic) bond motifs is 2. The lowest BCUT2D eigenvalue weighted by atomic mass is 9.80. The van der Waals surface area contributed by atoms with Gasteiger partial charge in [0.1, 0.15) is 17.2 Å². The van der Waals surface area contributed by atoms with Gasteiger partial charge in [-0.15, -0.1) is 0 Å². The lowest BCUT2D eigenvalue weighted by Crippen LogP contribution is -2.53. The maximum absolute atomic E-state index is 13.5. The molecular formula is C19H26FNO4. The quantitative estimate of drug-likeness (QED) is 0.885. The van der Waals surface area contributed by atoms with E-state index < -0.39 is 17.0 Å². The van der Waals surface area contributed by atoms with Crippen LogP contribution in [0.4, 0.5) is 9.18 Å². The van der Waals surface area contributed by atoms with E-state index in [1.54, 1.807) is 11.0 Å². The lowest BCUT2D eigenvalue weighted by molar-refractivity contribution is -0.0633. The van der Waals surface area contributed by atoms with Crippen LogP contribution in [0, 0.1) is 5.82 Å². The van der Waals surface area contributed by atoms with E-state index in [0.717, 1.165) is 12.8 Å². The molecule has 5 nitrogen and oxygen atoms in total. The highest BCUT2D eigenvalue weighted by Gasteiger charge is 2.51. The number of amides is 1. The maximum Gasteiger partial charge on any atom is 0.410 e. The Morgan fingerprint density at radius 2 is 1.88 bits per heavy atom. The number of halogens is 1. The average Bonchev–Trinajstić information content (AvgIpc) is 2.78. The summed E-state index contributed by atoms with van der Waals surface area (Å²) >= 11 is 0. The molecule has 1 N–H and O–H groups in total. The summed E-state index contributed by atoms with van der Waals surface area (Å²) in [5.41, 5.74) is -1.11. The van der Waals surface area contributed by atoms with Crippen LogP contribution in [0.2, 0.25) is 0 Å². The molecule has 2 aliphatic rings. The van der Waals surface area contributed by atoms with Crippen LogP contribution in [-0.4, -0.2) is 40.9 Å². The van der Waals surface area contributed by atoms with Crippen LogP contribution >= 0.6 is 0 Å². The van der Waals surface area contributed by atoms with E-state index in [4.69, 9.17) is 9.47 Å². The summed E-state index contributed by atoms with van der Waals surface area (Å²) in [7, 11) is 1.46. The van der Waals surface area contributed by atoms with E-state index in [2.05, 4.69) is 0 Å². The first kappa shape index (κ1) is 18.0. The molecule has 1 aromatic carbocycles. The molecule has 2 aliphatic heterocycles. The molecule has 6 heteroatoms. The number of hydrogen-bond donors (Lipinski definition) is 1. The molecule has 3 rings (SSSR count). The monoisotopic (exact) mass is 351 g/mol. The molecule has 0 aliphatic carbocycles. The van der Waals surface area contributed by atoms with E-state index in [-0.39, 0.29) is 18.2 Å². The van der Waals surface area contributed by atoms with Crippen molar-refractivity contribution in [3.05, 3.63) is 29.6 Å². The van der Waals surface area contributed by atoms with Gasteiger partial charge in [0, 0.05) is 36.6 Å². The Morgan fingerprint density at radius 3 is 2.40 bits per heavy atom. The number of methoxy groups -OCH3 is 1. The maximum atomic E-state index is 13.5. The van der Waals surface area contributed by atoms with Crippen molar-refractivity contribution in [2.24, 2.45) is 0 Å². The van der Waals surface area contributed by atoms with Gasteiger partial charge >= 0.3 is 6.09 Å². The molecule has 2 fully saturated rings. The van der Waals surface area contributed by atoms with Gasteiger partial charge in [-0.25, -0.2) is 9.18 Å². The highest BCUT2D eigenvalue weighted by Crippen LogP contribution is 2.48. The van der Waals surface area contributed by atoms with Crippen LogP contribution in [0.5, 0.6) is 5.75 Å². The van der Waals surface area contributed by atoms with Crippen molar-refractivity contribution in [2.45, 2.75) is 69.7 Å². The lowest BCUT2D eigenvalue weighted by Gasteiger charge is -2.44. The Labute approximate surface area is 147 Å². The second-order valence-electron chi connectivity index (χ2n) is 8.06. The molecule has 2 saturated heterocycles. The minimum Gasteiger partial charge on any atom is -0.496 e. The van der Waals surface area contributed by atoms with Crippen molar-refractivity contribution in [1.29, 1.82) is 0 Å². The first-order chi connectivity index (χ1) is 11.6. The third kappa shape index (κ3) is 3.45. The van der Waals surface area contributed by atoms with E-state index in [1.807, 2.05) is 20.8 Å². The van der Waals surface area contributed by atoms with Crippen molar-refractivity contribution in [3.63, 3.8) is 0 Å². The molecular weight excluding hydrogens is 325 g/mol. The number of benzene rings is 1. The van der Waals surface area contributed by atoms with Crippen LogP contribution in [0.15, 0.2) is 18.2 Å². The van der Waals surface area contributed by atoms with Gasteiger partial charge in [-0.1, -0.05) is 0 Å². The van der Waals surface area contributed by atoms with Crippen molar-refractivity contribution >= 4 is 6.09 Å². The molecule has 0 aromatic heterocycles. The number of carbonyl (C=O) groups excluding carboxylic acids is 1. The number of aliphatic hydroxyl groups is 1. The van der Waals surface area contributed by atoms with Gasteiger partial charge in [0.25, 0.3) is 0 Å². The van der Waals surface area contributed by atoms with E-state index >= 15 is 0 Å². The van der Waals surface area contributed by atoms with E-state index in [9.17, 15) is 14.3 Å². The highest BCUT2D eigenvalue weighted by molar-refractivity contribution is 5.70. The Bertz CT molecular complexity index is 656. The van der Waals surface area contributed by atoms with E-state index in [1.165, 1.54) is 19.2 Å². The number of nitrogens with zero attached hydrogens (tertiary/aromatic N) is 1. The second-order valence-corrected chi connectivity index (χ2v) is 8.06. The predicted molar refractivity (Wildman–Crippen MR) is 91.0 cm³/mol. The van der Waals surface area contributed by atoms with Gasteiger partial charge in [0.05, 0.1) is 12.7 Å². The highest BCUT2D eigenvalue weighted by atomic mass is 19.1. The van der Waals surface area contributed by atoms with Crippen molar-refractivity contribution in [3.8, 4) is 5.75 Å². The summed E-state index contributed by atoms with van der Waals surface area (Å²) < 4.78 is 24.3. The fourth-order valence-electron chi connectivity index (χ4n) is 4.11. The van der Waals surface area contributed by atoms with Gasteiger partial charge in [0.15, 0.2) is 0 Å². The Balaban J connectivity index is 1.85. The summed E-state index contributed by atoms with van der Waals surface area (Å²) in [6.45, 7) is 5.53. The minimum atomic E-state index is -1.14. The first-order valence-electron chi connectivity index (χ1n) is 8.71. The molecule has 138 valence electrons. The van der Waals surface area contributed by atoms with Gasteiger partial charge in [-0.2, -0.15) is 0 Å². The van der Waals surface area contributed by atoms with Crippen molar-refractivity contribution in [1.82, 2.24) is 4.90 Å². The molecule has 25 heavy (non-hydrogen) atoms. The third-order valence-corrected chi connectivity index (χ3v) is 5.04. The number of piperidine rings is 1. The number of ether oxygens (including phenoxy) is 2. The molecule has 0 radical (unpaired) electrons. The number of hydrogen-bond acceptors (Lipinski definition) is 4. The summed E-state index contributed by atoms with van der Waals surface area (Å²) in [6.07, 6.45) is 2.12. The zero-order valence-corrected chi connectivity index (χ0v) is 15.2. The fourth-order valence-corrected chi connectivity index (χ4v) is 4.11. The van der Waals surface area contributed by atoms with Gasteiger partial charge in [-0.05, 0) is 45.7 Å². The molecule has 1 amide bonds. The first-order valence-corrected chi connectivity index (χ1v) is 8.71. The van der Waals surface area contributed by atoms with E-state index in [0.29, 0.717) is 24.2 Å². The molecule has 2 unspecified atom stereocenters. The minimum absolute atomic E-state index is 0.0895. The third-order valence-electron chi connectivity index (χ3n) is 5.04. The molecule has 2 bridgehead atoms. The zero-order chi connectivity index (χ0) is 18.4. The predicted octanol–water partition coefficient (Wildman–Crippen LogP) is 3.58. The molecule has 2 heterocycles. The molecule has 1 aromatic rings. The standard InChI is InChI=1S/C19H26FNO4/c1-18(2,3)25-17(22)21-13-6-7-14(21)11-19(23,10-13)15-8-5-12(20)9-16(15)24-4/h5,8-9,13-14,23H,6-7,10-11H2,1-4H3. The van der Waals surface area contributed by atoms with Crippen LogP contribution in [0.3, 0.4) is 0 Å². The Morgan fingerprint density at radius 1 is 1.28 bits per heavy atom. The largest absolute Gasteiger partial charge is 0.496 e. The topological polar surface area (TPSA) is 59.0 Å². The average molecular weight is 351 g/mol. The summed E-state index contributed by atoms with van der Waals surface area (Å²) in [5, 5.41) is 11.3. The SMILES string of the molecule is COc1cc(F)ccc1C1(O)CC2CCC(C1)N2C(=O)OC(C)(C)C. The fraction of sp³-hybridized carbons (Fsp3) is 0.632. The smallest absolute Gasteiger partial charge is 0.410 e. The Kier molecular flexibility index (Phi) is 4.43. The molecule has 2 atom stereocenters.